The van der Waals surface area contributed by atoms with Crippen LogP contribution in [0.3, 0.4) is 0 Å². The number of thiazole rings is 1. The van der Waals surface area contributed by atoms with Crippen molar-refractivity contribution >= 4 is 31.6 Å². The van der Waals surface area contributed by atoms with Gasteiger partial charge >= 0.3 is 0 Å². The van der Waals surface area contributed by atoms with Gasteiger partial charge in [0.25, 0.3) is 5.19 Å². The summed E-state index contributed by atoms with van der Waals surface area (Å²) in [5.41, 5.74) is 0.694. The number of methoxy groups -OCH3 is 1. The summed E-state index contributed by atoms with van der Waals surface area (Å²) in [6.45, 7) is 0.730. The standard InChI is InChI=1S/C19H19FN2O4S2/c1-25-15-3-2-4-16(12-15)28(23,24)22-9-7-14(8-10-22)26-19-21-17-6-5-13(20)11-18(17)27-19/h2-6,11-12,14H,7-10H2,1H3. The molecule has 0 atom stereocenters. The van der Waals surface area contributed by atoms with Crippen LogP contribution in [0.5, 0.6) is 10.9 Å². The first-order valence-corrected chi connectivity index (χ1v) is 11.1. The summed E-state index contributed by atoms with van der Waals surface area (Å²) >= 11 is 1.29. The van der Waals surface area contributed by atoms with E-state index in [4.69, 9.17) is 9.47 Å². The molecule has 1 fully saturated rings. The van der Waals surface area contributed by atoms with E-state index in [1.807, 2.05) is 0 Å². The van der Waals surface area contributed by atoms with Crippen molar-refractivity contribution in [1.82, 2.24) is 9.29 Å². The zero-order valence-corrected chi connectivity index (χ0v) is 16.8. The van der Waals surface area contributed by atoms with Crippen LogP contribution in [0, 0.1) is 5.82 Å². The van der Waals surface area contributed by atoms with Crippen LogP contribution in [-0.2, 0) is 10.0 Å². The lowest BCUT2D eigenvalue weighted by atomic mass is 10.1. The van der Waals surface area contributed by atoms with Crippen LogP contribution in [0.4, 0.5) is 4.39 Å². The van der Waals surface area contributed by atoms with Crippen LogP contribution in [0.25, 0.3) is 10.2 Å². The minimum absolute atomic E-state index is 0.123. The molecule has 9 heteroatoms. The van der Waals surface area contributed by atoms with Gasteiger partial charge in [-0.2, -0.15) is 4.31 Å². The lowest BCUT2D eigenvalue weighted by molar-refractivity contribution is 0.135. The van der Waals surface area contributed by atoms with E-state index in [-0.39, 0.29) is 16.8 Å². The average Bonchev–Trinajstić information content (AvgIpc) is 3.09. The molecular weight excluding hydrogens is 403 g/mol. The van der Waals surface area contributed by atoms with E-state index in [1.54, 1.807) is 24.3 Å². The van der Waals surface area contributed by atoms with Crippen LogP contribution < -0.4 is 9.47 Å². The van der Waals surface area contributed by atoms with Crippen LogP contribution in [-0.4, -0.2) is 44.0 Å². The highest BCUT2D eigenvalue weighted by molar-refractivity contribution is 7.89. The monoisotopic (exact) mass is 422 g/mol. The number of benzene rings is 2. The molecule has 0 amide bonds. The zero-order chi connectivity index (χ0) is 19.7. The Kier molecular flexibility index (Phi) is 5.22. The molecule has 148 valence electrons. The summed E-state index contributed by atoms with van der Waals surface area (Å²) < 4.78 is 52.3. The molecular formula is C19H19FN2O4S2. The fraction of sp³-hybridized carbons (Fsp3) is 0.316. The van der Waals surface area contributed by atoms with E-state index in [1.165, 1.54) is 41.0 Å². The molecule has 0 saturated carbocycles. The molecule has 0 unspecified atom stereocenters. The number of nitrogens with zero attached hydrogens (tertiary/aromatic N) is 2. The third-order valence-electron chi connectivity index (χ3n) is 4.68. The van der Waals surface area contributed by atoms with E-state index in [0.717, 1.165) is 4.70 Å². The maximum atomic E-state index is 13.3. The summed E-state index contributed by atoms with van der Waals surface area (Å²) in [7, 11) is -2.07. The maximum absolute atomic E-state index is 13.3. The lowest BCUT2D eigenvalue weighted by Crippen LogP contribution is -2.41. The molecule has 2 heterocycles. The van der Waals surface area contributed by atoms with Gasteiger partial charge in [0.05, 0.1) is 22.2 Å². The van der Waals surface area contributed by atoms with E-state index in [0.29, 0.717) is 42.4 Å². The normalized spacial score (nSPS) is 16.4. The molecule has 2 aromatic carbocycles. The summed E-state index contributed by atoms with van der Waals surface area (Å²) in [5.74, 6) is 0.199. The molecule has 28 heavy (non-hydrogen) atoms. The van der Waals surface area contributed by atoms with Gasteiger partial charge in [0, 0.05) is 19.2 Å². The summed E-state index contributed by atoms with van der Waals surface area (Å²) in [6, 6.07) is 10.9. The SMILES string of the molecule is COc1cccc(S(=O)(=O)N2CCC(Oc3nc4ccc(F)cc4s3)CC2)c1. The molecule has 4 rings (SSSR count). The first-order valence-electron chi connectivity index (χ1n) is 8.83. The van der Waals surface area contributed by atoms with Crippen LogP contribution in [0.15, 0.2) is 47.4 Å². The van der Waals surface area contributed by atoms with E-state index < -0.39 is 10.0 Å². The molecule has 1 aromatic heterocycles. The van der Waals surface area contributed by atoms with Crippen molar-refractivity contribution in [2.24, 2.45) is 0 Å². The fourth-order valence-electron chi connectivity index (χ4n) is 3.17. The first kappa shape index (κ1) is 19.1. The largest absolute Gasteiger partial charge is 0.497 e. The van der Waals surface area contributed by atoms with Crippen molar-refractivity contribution < 1.29 is 22.3 Å². The summed E-state index contributed by atoms with van der Waals surface area (Å²) in [5, 5.41) is 0.481. The van der Waals surface area contributed by atoms with Crippen molar-refractivity contribution in [3.05, 3.63) is 48.3 Å². The second-order valence-electron chi connectivity index (χ2n) is 6.49. The number of fused-ring (bicyclic) bond motifs is 1. The number of sulfonamides is 1. The van der Waals surface area contributed by atoms with Gasteiger partial charge in [0.2, 0.25) is 10.0 Å². The topological polar surface area (TPSA) is 68.7 Å². The van der Waals surface area contributed by atoms with Gasteiger partial charge in [0.15, 0.2) is 0 Å². The number of halogens is 1. The van der Waals surface area contributed by atoms with Crippen LogP contribution >= 0.6 is 11.3 Å². The highest BCUT2D eigenvalue weighted by Gasteiger charge is 2.30. The third kappa shape index (κ3) is 3.82. The number of hydrogen-bond acceptors (Lipinski definition) is 6. The van der Waals surface area contributed by atoms with Crippen molar-refractivity contribution in [2.75, 3.05) is 20.2 Å². The van der Waals surface area contributed by atoms with Gasteiger partial charge in [-0.3, -0.25) is 0 Å². The van der Waals surface area contributed by atoms with Crippen molar-refractivity contribution in [3.8, 4) is 10.9 Å². The molecule has 1 aliphatic heterocycles. The minimum atomic E-state index is -3.57. The summed E-state index contributed by atoms with van der Waals surface area (Å²) in [4.78, 5) is 4.59. The van der Waals surface area contributed by atoms with Gasteiger partial charge in [0.1, 0.15) is 17.7 Å². The predicted octanol–water partition coefficient (Wildman–Crippen LogP) is 3.68. The Morgan fingerprint density at radius 3 is 2.71 bits per heavy atom. The van der Waals surface area contributed by atoms with Gasteiger partial charge < -0.3 is 9.47 Å². The Morgan fingerprint density at radius 2 is 1.96 bits per heavy atom. The lowest BCUT2D eigenvalue weighted by Gasteiger charge is -2.30. The minimum Gasteiger partial charge on any atom is -0.497 e. The molecule has 0 bridgehead atoms. The number of aromatic nitrogens is 1. The Labute approximate surface area is 166 Å². The highest BCUT2D eigenvalue weighted by atomic mass is 32.2. The second kappa shape index (κ2) is 7.65. The van der Waals surface area contributed by atoms with Gasteiger partial charge in [-0.25, -0.2) is 17.8 Å². The molecule has 0 radical (unpaired) electrons. The van der Waals surface area contributed by atoms with Crippen LogP contribution in [0.1, 0.15) is 12.8 Å². The molecule has 6 nitrogen and oxygen atoms in total. The smallest absolute Gasteiger partial charge is 0.274 e. The Hall–Kier alpha value is -2.23. The number of hydrogen-bond donors (Lipinski definition) is 0. The summed E-state index contributed by atoms with van der Waals surface area (Å²) in [6.07, 6.45) is 1.00. The second-order valence-corrected chi connectivity index (χ2v) is 9.42. The van der Waals surface area contributed by atoms with Crippen molar-refractivity contribution in [3.63, 3.8) is 0 Å². The van der Waals surface area contributed by atoms with Crippen LogP contribution in [0.2, 0.25) is 0 Å². The molecule has 3 aromatic rings. The van der Waals surface area contributed by atoms with Gasteiger partial charge in [-0.05, 0) is 43.2 Å². The van der Waals surface area contributed by atoms with Crippen molar-refractivity contribution in [2.45, 2.75) is 23.8 Å². The molecule has 1 aliphatic rings. The van der Waals surface area contributed by atoms with E-state index >= 15 is 0 Å². The third-order valence-corrected chi connectivity index (χ3v) is 7.48. The molecule has 0 aliphatic carbocycles. The number of ether oxygens (including phenoxy) is 2. The van der Waals surface area contributed by atoms with Crippen molar-refractivity contribution in [1.29, 1.82) is 0 Å². The number of piperidine rings is 1. The Morgan fingerprint density at radius 1 is 1.18 bits per heavy atom. The molecule has 0 N–H and O–H groups in total. The highest BCUT2D eigenvalue weighted by Crippen LogP contribution is 2.31. The fourth-order valence-corrected chi connectivity index (χ4v) is 5.58. The Balaban J connectivity index is 1.42. The van der Waals surface area contributed by atoms with E-state index in [2.05, 4.69) is 4.98 Å². The van der Waals surface area contributed by atoms with Gasteiger partial charge in [-0.15, -0.1) is 0 Å². The molecule has 0 spiro atoms. The van der Waals surface area contributed by atoms with Gasteiger partial charge in [-0.1, -0.05) is 17.4 Å². The predicted molar refractivity (Wildman–Crippen MR) is 105 cm³/mol. The quantitative estimate of drug-likeness (QED) is 0.628. The number of rotatable bonds is 5. The first-order chi connectivity index (χ1) is 13.5. The molecule has 1 saturated heterocycles. The Bertz CT molecular complexity index is 1090. The van der Waals surface area contributed by atoms with E-state index in [9.17, 15) is 12.8 Å². The average molecular weight is 423 g/mol. The zero-order valence-electron chi connectivity index (χ0n) is 15.2. The maximum Gasteiger partial charge on any atom is 0.274 e.